The third kappa shape index (κ3) is 4.52. The lowest BCUT2D eigenvalue weighted by Gasteiger charge is -2.12. The van der Waals surface area contributed by atoms with Gasteiger partial charge in [0.1, 0.15) is 11.5 Å². The van der Waals surface area contributed by atoms with Gasteiger partial charge in [0, 0.05) is 10.9 Å². The van der Waals surface area contributed by atoms with Crippen molar-refractivity contribution in [2.45, 2.75) is 26.8 Å². The molecule has 1 unspecified atom stereocenters. The Bertz CT molecular complexity index is 992. The van der Waals surface area contributed by atoms with Crippen LogP contribution in [-0.4, -0.2) is 24.9 Å². The number of fused-ring (bicyclic) bond motifs is 1. The summed E-state index contributed by atoms with van der Waals surface area (Å²) in [5, 5.41) is 3.77. The van der Waals surface area contributed by atoms with E-state index in [2.05, 4.69) is 5.32 Å². The number of benzene rings is 2. The molecule has 1 amide bonds. The minimum atomic E-state index is -0.332. The number of amides is 1. The Morgan fingerprint density at radius 3 is 2.64 bits per heavy atom. The Balaban J connectivity index is 1.62. The second-order valence-corrected chi connectivity index (χ2v) is 6.42. The van der Waals surface area contributed by atoms with E-state index in [0.717, 1.165) is 5.39 Å². The lowest BCUT2D eigenvalue weighted by Crippen LogP contribution is -2.31. The molecule has 1 aromatic heterocycles. The average molecular weight is 381 g/mol. The first-order valence-electron chi connectivity index (χ1n) is 9.16. The predicted molar refractivity (Wildman–Crippen MR) is 106 cm³/mol. The maximum atomic E-state index is 12.2. The van der Waals surface area contributed by atoms with Crippen molar-refractivity contribution in [1.82, 2.24) is 5.32 Å². The van der Waals surface area contributed by atoms with Crippen LogP contribution in [-0.2, 0) is 4.79 Å². The zero-order chi connectivity index (χ0) is 20.1. The summed E-state index contributed by atoms with van der Waals surface area (Å²) in [4.78, 5) is 23.7. The van der Waals surface area contributed by atoms with Crippen LogP contribution in [0.15, 0.2) is 52.9 Å². The van der Waals surface area contributed by atoms with Crippen molar-refractivity contribution >= 4 is 22.7 Å². The van der Waals surface area contributed by atoms with E-state index >= 15 is 0 Å². The largest absolute Gasteiger partial charge is 0.490 e. The van der Waals surface area contributed by atoms with Gasteiger partial charge in [0.25, 0.3) is 5.91 Å². The Kier molecular flexibility index (Phi) is 5.99. The molecule has 1 N–H and O–H groups in total. The van der Waals surface area contributed by atoms with E-state index < -0.39 is 0 Å². The summed E-state index contributed by atoms with van der Waals surface area (Å²) in [7, 11) is 0. The number of hydrogen-bond acceptors (Lipinski definition) is 5. The first-order chi connectivity index (χ1) is 13.5. The Labute approximate surface area is 163 Å². The number of ketones is 1. The third-order valence-corrected chi connectivity index (χ3v) is 4.24. The highest BCUT2D eigenvalue weighted by Crippen LogP contribution is 2.31. The Hall–Kier alpha value is -3.28. The van der Waals surface area contributed by atoms with Gasteiger partial charge < -0.3 is 19.2 Å². The lowest BCUT2D eigenvalue weighted by molar-refractivity contribution is -0.123. The van der Waals surface area contributed by atoms with Crippen LogP contribution < -0.4 is 14.8 Å². The van der Waals surface area contributed by atoms with Crippen molar-refractivity contribution in [1.29, 1.82) is 0 Å². The zero-order valence-corrected chi connectivity index (χ0v) is 16.2. The summed E-state index contributed by atoms with van der Waals surface area (Å²) in [5.74, 6) is 1.44. The molecule has 6 heteroatoms. The number of rotatable bonds is 8. The molecule has 0 aliphatic carbocycles. The highest BCUT2D eigenvalue weighted by molar-refractivity contribution is 5.94. The van der Waals surface area contributed by atoms with Crippen LogP contribution in [0.25, 0.3) is 11.0 Å². The molecule has 3 aromatic rings. The van der Waals surface area contributed by atoms with E-state index in [1.807, 2.05) is 38.1 Å². The highest BCUT2D eigenvalue weighted by atomic mass is 16.5. The van der Waals surface area contributed by atoms with E-state index in [-0.39, 0.29) is 24.3 Å². The molecule has 0 saturated carbocycles. The van der Waals surface area contributed by atoms with Crippen LogP contribution >= 0.6 is 0 Å². The van der Waals surface area contributed by atoms with Crippen molar-refractivity contribution in [2.75, 3.05) is 13.2 Å². The number of Topliss-reactive ketones (excluding diaryl/α,β-unsaturated/α-hetero) is 1. The number of ether oxygens (including phenoxy) is 2. The summed E-state index contributed by atoms with van der Waals surface area (Å²) in [6.45, 7) is 5.63. The van der Waals surface area contributed by atoms with Gasteiger partial charge in [-0.05, 0) is 45.0 Å². The van der Waals surface area contributed by atoms with Gasteiger partial charge in [-0.3, -0.25) is 9.59 Å². The quantitative estimate of drug-likeness (QED) is 0.589. The topological polar surface area (TPSA) is 77.8 Å². The second-order valence-electron chi connectivity index (χ2n) is 6.42. The van der Waals surface area contributed by atoms with Gasteiger partial charge in [0.2, 0.25) is 0 Å². The molecule has 0 saturated heterocycles. The molecule has 2 aromatic carbocycles. The van der Waals surface area contributed by atoms with Crippen molar-refractivity contribution in [3.05, 3.63) is 59.9 Å². The molecular weight excluding hydrogens is 358 g/mol. The van der Waals surface area contributed by atoms with Crippen LogP contribution in [0.2, 0.25) is 0 Å². The van der Waals surface area contributed by atoms with Gasteiger partial charge in [0.15, 0.2) is 23.7 Å². The number of hydrogen-bond donors (Lipinski definition) is 1. The molecule has 0 bridgehead atoms. The molecule has 1 atom stereocenters. The third-order valence-electron chi connectivity index (χ3n) is 4.24. The molecule has 6 nitrogen and oxygen atoms in total. The van der Waals surface area contributed by atoms with Gasteiger partial charge in [-0.2, -0.15) is 0 Å². The molecule has 3 rings (SSSR count). The number of carbonyl (C=O) groups excluding carboxylic acids is 2. The van der Waals surface area contributed by atoms with Gasteiger partial charge in [-0.25, -0.2) is 0 Å². The normalized spacial score (nSPS) is 11.8. The second kappa shape index (κ2) is 8.61. The van der Waals surface area contributed by atoms with Crippen molar-refractivity contribution in [3.63, 3.8) is 0 Å². The van der Waals surface area contributed by atoms with Crippen LogP contribution in [0, 0.1) is 0 Å². The van der Waals surface area contributed by atoms with Crippen LogP contribution in [0.5, 0.6) is 11.5 Å². The molecule has 1 heterocycles. The van der Waals surface area contributed by atoms with E-state index in [1.54, 1.807) is 24.3 Å². The van der Waals surface area contributed by atoms with E-state index in [4.69, 9.17) is 13.9 Å². The number of furan rings is 1. The summed E-state index contributed by atoms with van der Waals surface area (Å²) < 4.78 is 17.0. The standard InChI is InChI=1S/C22H23NO5/c1-4-26-19-10-6-8-17-12-20(28-22(17)19)14(2)23-21(25)13-27-18-9-5-7-16(11-18)15(3)24/h5-12,14H,4,13H2,1-3H3,(H,23,25). The predicted octanol–water partition coefficient (Wildman–Crippen LogP) is 4.29. The molecule has 0 spiro atoms. The van der Waals surface area contributed by atoms with Crippen LogP contribution in [0.1, 0.15) is 42.9 Å². The molecule has 0 aliphatic heterocycles. The van der Waals surface area contributed by atoms with Crippen LogP contribution in [0.4, 0.5) is 0 Å². The monoisotopic (exact) mass is 381 g/mol. The summed E-state index contributed by atoms with van der Waals surface area (Å²) in [6, 6.07) is 14.0. The summed E-state index contributed by atoms with van der Waals surface area (Å²) in [5.41, 5.74) is 1.21. The van der Waals surface area contributed by atoms with Crippen molar-refractivity contribution in [3.8, 4) is 11.5 Å². The van der Waals surface area contributed by atoms with Gasteiger partial charge in [0.05, 0.1) is 12.6 Å². The van der Waals surface area contributed by atoms with Crippen molar-refractivity contribution < 1.29 is 23.5 Å². The fraction of sp³-hybridized carbons (Fsp3) is 0.273. The lowest BCUT2D eigenvalue weighted by atomic mass is 10.1. The van der Waals surface area contributed by atoms with E-state index in [0.29, 0.717) is 35.0 Å². The maximum absolute atomic E-state index is 12.2. The van der Waals surface area contributed by atoms with E-state index in [9.17, 15) is 9.59 Å². The van der Waals surface area contributed by atoms with E-state index in [1.165, 1.54) is 6.92 Å². The SMILES string of the molecule is CCOc1cccc2cc(C(C)NC(=O)COc3cccc(C(C)=O)c3)oc12. The average Bonchev–Trinajstić information content (AvgIpc) is 3.12. The highest BCUT2D eigenvalue weighted by Gasteiger charge is 2.16. The molecule has 0 radical (unpaired) electrons. The fourth-order valence-electron chi connectivity index (χ4n) is 2.85. The minimum Gasteiger partial charge on any atom is -0.490 e. The first kappa shape index (κ1) is 19.5. The number of nitrogens with one attached hydrogen (secondary N) is 1. The number of para-hydroxylation sites is 1. The Morgan fingerprint density at radius 2 is 1.89 bits per heavy atom. The molecule has 0 aliphatic rings. The fourth-order valence-corrected chi connectivity index (χ4v) is 2.85. The molecule has 28 heavy (non-hydrogen) atoms. The van der Waals surface area contributed by atoms with Crippen molar-refractivity contribution in [2.24, 2.45) is 0 Å². The van der Waals surface area contributed by atoms with Crippen LogP contribution in [0.3, 0.4) is 0 Å². The number of carbonyl (C=O) groups is 2. The van der Waals surface area contributed by atoms with Gasteiger partial charge >= 0.3 is 0 Å². The van der Waals surface area contributed by atoms with Gasteiger partial charge in [-0.15, -0.1) is 0 Å². The molecule has 146 valence electrons. The van der Waals surface area contributed by atoms with Gasteiger partial charge in [-0.1, -0.05) is 24.3 Å². The molecule has 0 fully saturated rings. The Morgan fingerprint density at radius 1 is 1.11 bits per heavy atom. The summed E-state index contributed by atoms with van der Waals surface area (Å²) >= 11 is 0. The summed E-state index contributed by atoms with van der Waals surface area (Å²) in [6.07, 6.45) is 0. The zero-order valence-electron chi connectivity index (χ0n) is 16.2. The molecular formula is C22H23NO5. The smallest absolute Gasteiger partial charge is 0.258 e. The first-order valence-corrected chi connectivity index (χ1v) is 9.16. The maximum Gasteiger partial charge on any atom is 0.258 e. The minimum absolute atomic E-state index is 0.0557.